The number of carbonyl (C=O) groups is 2. The molecule has 1 spiro atoms. The van der Waals surface area contributed by atoms with E-state index >= 15 is 0 Å². The number of hydrogen-bond acceptors (Lipinski definition) is 4. The fraction of sp³-hybridized carbons (Fsp3) is 0.700. The van der Waals surface area contributed by atoms with Crippen molar-refractivity contribution in [3.05, 3.63) is 23.7 Å². The summed E-state index contributed by atoms with van der Waals surface area (Å²) in [5.74, 6) is 1.26. The van der Waals surface area contributed by atoms with Crippen LogP contribution in [0.4, 0.5) is 0 Å². The van der Waals surface area contributed by atoms with E-state index in [0.29, 0.717) is 31.1 Å². The quantitative estimate of drug-likeness (QED) is 0.780. The highest BCUT2D eigenvalue weighted by molar-refractivity contribution is 5.91. The van der Waals surface area contributed by atoms with Gasteiger partial charge in [-0.15, -0.1) is 0 Å². The van der Waals surface area contributed by atoms with Crippen molar-refractivity contribution in [3.63, 3.8) is 0 Å². The third-order valence-corrected chi connectivity index (χ3v) is 5.64. The predicted octanol–water partition coefficient (Wildman–Crippen LogP) is 3.07. The van der Waals surface area contributed by atoms with E-state index in [2.05, 4.69) is 6.92 Å². The van der Waals surface area contributed by atoms with Gasteiger partial charge in [0.1, 0.15) is 12.4 Å². The molecule has 2 amide bonds. The molecule has 3 heterocycles. The van der Waals surface area contributed by atoms with Crippen LogP contribution in [0.3, 0.4) is 0 Å². The Hall–Kier alpha value is -1.82. The Kier molecular flexibility index (Phi) is 6.01. The van der Waals surface area contributed by atoms with Gasteiger partial charge in [-0.05, 0) is 37.8 Å². The van der Waals surface area contributed by atoms with Crippen molar-refractivity contribution >= 4 is 11.8 Å². The second-order valence-electron chi connectivity index (χ2n) is 7.70. The van der Waals surface area contributed by atoms with Gasteiger partial charge < -0.3 is 19.0 Å². The average Bonchev–Trinajstić information content (AvgIpc) is 3.11. The Morgan fingerprint density at radius 3 is 2.92 bits per heavy atom. The first-order valence-corrected chi connectivity index (χ1v) is 9.71. The molecule has 26 heavy (non-hydrogen) atoms. The minimum atomic E-state index is -0.0524. The number of likely N-dealkylation sites (tertiary alicyclic amines) is 2. The number of unbranched alkanes of at least 4 members (excludes halogenated alkanes) is 1. The highest BCUT2D eigenvalue weighted by Gasteiger charge is 2.42. The maximum absolute atomic E-state index is 12.9. The van der Waals surface area contributed by atoms with Crippen molar-refractivity contribution in [2.45, 2.75) is 52.1 Å². The Labute approximate surface area is 155 Å². The highest BCUT2D eigenvalue weighted by atomic mass is 16.5. The summed E-state index contributed by atoms with van der Waals surface area (Å²) in [6.45, 7) is 5.59. The number of nitrogens with zero attached hydrogens (tertiary/aromatic N) is 2. The zero-order valence-corrected chi connectivity index (χ0v) is 16.0. The van der Waals surface area contributed by atoms with Gasteiger partial charge in [0.2, 0.25) is 5.91 Å². The van der Waals surface area contributed by atoms with Crippen molar-refractivity contribution in [1.82, 2.24) is 9.80 Å². The second kappa shape index (κ2) is 8.25. The number of piperidine rings is 2. The molecule has 2 fully saturated rings. The number of ether oxygens (including phenoxy) is 1. The topological polar surface area (TPSA) is 63.0 Å². The monoisotopic (exact) mass is 362 g/mol. The van der Waals surface area contributed by atoms with Gasteiger partial charge in [0, 0.05) is 45.1 Å². The summed E-state index contributed by atoms with van der Waals surface area (Å²) in [7, 11) is 1.60. The zero-order valence-electron chi connectivity index (χ0n) is 16.0. The summed E-state index contributed by atoms with van der Waals surface area (Å²) in [6, 6.07) is 3.53. The van der Waals surface area contributed by atoms with Crippen molar-refractivity contribution in [2.24, 2.45) is 5.41 Å². The fourth-order valence-corrected chi connectivity index (χ4v) is 4.24. The van der Waals surface area contributed by atoms with E-state index in [1.165, 1.54) is 0 Å². The standard InChI is InChI=1S/C20H30N2O4/c1-3-4-11-21-14-20(10-8-18(21)23)9-5-12-22(15-20)19(24)17-7-6-16(26-17)13-25-2/h6-7H,3-5,8-15H2,1-2H3/t20-/m1/s1. The summed E-state index contributed by atoms with van der Waals surface area (Å²) in [5.41, 5.74) is 0.0392. The Morgan fingerprint density at radius 2 is 2.15 bits per heavy atom. The Bertz CT molecular complexity index is 642. The molecule has 0 radical (unpaired) electrons. The van der Waals surface area contributed by atoms with Crippen LogP contribution < -0.4 is 0 Å². The van der Waals surface area contributed by atoms with E-state index in [1.54, 1.807) is 19.2 Å². The van der Waals surface area contributed by atoms with E-state index in [9.17, 15) is 9.59 Å². The molecule has 2 saturated heterocycles. The Morgan fingerprint density at radius 1 is 1.31 bits per heavy atom. The van der Waals surface area contributed by atoms with Gasteiger partial charge in [0.05, 0.1) is 0 Å². The van der Waals surface area contributed by atoms with Crippen molar-refractivity contribution in [2.75, 3.05) is 33.3 Å². The lowest BCUT2D eigenvalue weighted by atomic mass is 9.73. The molecule has 2 aliphatic rings. The molecule has 0 saturated carbocycles. The first-order chi connectivity index (χ1) is 12.6. The van der Waals surface area contributed by atoms with Crippen LogP contribution in [0.1, 0.15) is 61.8 Å². The minimum absolute atomic E-state index is 0.0392. The molecule has 0 aromatic carbocycles. The van der Waals surface area contributed by atoms with Crippen molar-refractivity contribution in [1.29, 1.82) is 0 Å². The fourth-order valence-electron chi connectivity index (χ4n) is 4.24. The normalized spacial score (nSPS) is 23.7. The largest absolute Gasteiger partial charge is 0.453 e. The molecule has 6 nitrogen and oxygen atoms in total. The summed E-state index contributed by atoms with van der Waals surface area (Å²) in [5, 5.41) is 0. The van der Waals surface area contributed by atoms with Crippen molar-refractivity contribution < 1.29 is 18.7 Å². The van der Waals surface area contributed by atoms with E-state index in [4.69, 9.17) is 9.15 Å². The molecule has 144 valence electrons. The summed E-state index contributed by atoms with van der Waals surface area (Å²) >= 11 is 0. The molecular weight excluding hydrogens is 332 g/mol. The molecule has 1 atom stereocenters. The van der Waals surface area contributed by atoms with Crippen LogP contribution in [-0.4, -0.2) is 54.9 Å². The lowest BCUT2D eigenvalue weighted by molar-refractivity contribution is -0.139. The van der Waals surface area contributed by atoms with Gasteiger partial charge in [-0.2, -0.15) is 0 Å². The smallest absolute Gasteiger partial charge is 0.289 e. The molecule has 0 aliphatic carbocycles. The van der Waals surface area contributed by atoms with Crippen LogP contribution in [0.15, 0.2) is 16.5 Å². The maximum Gasteiger partial charge on any atom is 0.289 e. The van der Waals surface area contributed by atoms with Crippen LogP contribution in [0.25, 0.3) is 0 Å². The molecule has 1 aromatic heterocycles. The lowest BCUT2D eigenvalue weighted by Crippen LogP contribution is -2.55. The second-order valence-corrected chi connectivity index (χ2v) is 7.70. The number of rotatable bonds is 6. The molecule has 1 aromatic rings. The third-order valence-electron chi connectivity index (χ3n) is 5.64. The summed E-state index contributed by atoms with van der Waals surface area (Å²) < 4.78 is 10.7. The third kappa shape index (κ3) is 4.11. The SMILES string of the molecule is CCCCN1C[C@@]2(CCCN(C(=O)c3ccc(COC)o3)C2)CCC1=O. The van der Waals surface area contributed by atoms with Gasteiger partial charge in [-0.1, -0.05) is 13.3 Å². The van der Waals surface area contributed by atoms with E-state index < -0.39 is 0 Å². The molecule has 6 heteroatoms. The van der Waals surface area contributed by atoms with Gasteiger partial charge in [-0.25, -0.2) is 0 Å². The summed E-state index contributed by atoms with van der Waals surface area (Å²) in [6.07, 6.45) is 5.67. The predicted molar refractivity (Wildman–Crippen MR) is 97.7 cm³/mol. The van der Waals surface area contributed by atoms with Gasteiger partial charge in [0.15, 0.2) is 5.76 Å². The van der Waals surface area contributed by atoms with E-state index in [-0.39, 0.29) is 17.2 Å². The first kappa shape index (κ1) is 19.0. The number of furan rings is 1. The number of hydrogen-bond donors (Lipinski definition) is 0. The van der Waals surface area contributed by atoms with Crippen LogP contribution in [-0.2, 0) is 16.1 Å². The minimum Gasteiger partial charge on any atom is -0.453 e. The molecule has 3 rings (SSSR count). The molecule has 2 aliphatic heterocycles. The van der Waals surface area contributed by atoms with Crippen LogP contribution in [0, 0.1) is 5.41 Å². The zero-order chi connectivity index (χ0) is 18.6. The highest BCUT2D eigenvalue weighted by Crippen LogP contribution is 2.39. The van der Waals surface area contributed by atoms with Gasteiger partial charge in [0.25, 0.3) is 5.91 Å². The van der Waals surface area contributed by atoms with E-state index in [1.807, 2.05) is 9.80 Å². The number of carbonyl (C=O) groups excluding carboxylic acids is 2. The maximum atomic E-state index is 12.9. The lowest BCUT2D eigenvalue weighted by Gasteiger charge is -2.48. The molecular formula is C20H30N2O4. The van der Waals surface area contributed by atoms with Crippen LogP contribution >= 0.6 is 0 Å². The van der Waals surface area contributed by atoms with Crippen LogP contribution in [0.5, 0.6) is 0 Å². The first-order valence-electron chi connectivity index (χ1n) is 9.71. The average molecular weight is 362 g/mol. The van der Waals surface area contributed by atoms with Gasteiger partial charge in [-0.3, -0.25) is 9.59 Å². The molecule has 0 bridgehead atoms. The van der Waals surface area contributed by atoms with Crippen molar-refractivity contribution in [3.8, 4) is 0 Å². The van der Waals surface area contributed by atoms with Crippen LogP contribution in [0.2, 0.25) is 0 Å². The number of amides is 2. The number of methoxy groups -OCH3 is 1. The Balaban J connectivity index is 1.67. The van der Waals surface area contributed by atoms with Gasteiger partial charge >= 0.3 is 0 Å². The molecule has 0 unspecified atom stereocenters. The van der Waals surface area contributed by atoms with E-state index in [0.717, 1.165) is 51.7 Å². The summed E-state index contributed by atoms with van der Waals surface area (Å²) in [4.78, 5) is 29.0. The molecule has 0 N–H and O–H groups in total.